The molecule has 1 aliphatic carbocycles. The van der Waals surface area contributed by atoms with Gasteiger partial charge in [0, 0.05) is 45.5 Å². The molecular formula is C27H37F2N3O5. The highest BCUT2D eigenvalue weighted by atomic mass is 19.3. The van der Waals surface area contributed by atoms with Gasteiger partial charge in [-0.15, -0.1) is 0 Å². The fourth-order valence-corrected chi connectivity index (χ4v) is 4.54. The van der Waals surface area contributed by atoms with E-state index in [1.54, 1.807) is 21.8 Å². The molecule has 4 rings (SSSR count). The molecule has 2 heterocycles. The summed E-state index contributed by atoms with van der Waals surface area (Å²) in [5, 5.41) is 4.93. The van der Waals surface area contributed by atoms with Crippen molar-refractivity contribution < 1.29 is 32.6 Å². The average Bonchev–Trinajstić information content (AvgIpc) is 3.55. The maximum atomic E-state index is 13.3. The number of amides is 1. The molecule has 1 aromatic carbocycles. The number of alkyl halides is 2. The van der Waals surface area contributed by atoms with Crippen LogP contribution in [0.5, 0.6) is 5.75 Å². The first-order valence-electron chi connectivity index (χ1n) is 13.1. The van der Waals surface area contributed by atoms with Gasteiger partial charge in [0.2, 0.25) is 0 Å². The molecule has 0 unspecified atom stereocenters. The number of likely N-dealkylation sites (tertiary alicyclic amines) is 1. The summed E-state index contributed by atoms with van der Waals surface area (Å²) in [5.41, 5.74) is 0.0944. The van der Waals surface area contributed by atoms with Crippen LogP contribution in [0.15, 0.2) is 18.3 Å². The molecule has 8 nitrogen and oxygen atoms in total. The molecule has 0 radical (unpaired) electrons. The molecule has 0 bridgehead atoms. The van der Waals surface area contributed by atoms with E-state index < -0.39 is 12.2 Å². The van der Waals surface area contributed by atoms with Crippen molar-refractivity contribution in [3.05, 3.63) is 23.9 Å². The minimum atomic E-state index is -3.06. The van der Waals surface area contributed by atoms with Gasteiger partial charge >= 0.3 is 12.7 Å². The van der Waals surface area contributed by atoms with Crippen molar-refractivity contribution in [2.24, 2.45) is 11.8 Å². The van der Waals surface area contributed by atoms with Crippen LogP contribution in [0.3, 0.4) is 0 Å². The zero-order chi connectivity index (χ0) is 26.6. The van der Waals surface area contributed by atoms with Gasteiger partial charge in [0.05, 0.1) is 16.5 Å². The highest BCUT2D eigenvalue weighted by molar-refractivity contribution is 6.04. The molecule has 1 amide bonds. The molecule has 2 aromatic rings. The van der Waals surface area contributed by atoms with Crippen LogP contribution < -0.4 is 4.74 Å². The highest BCUT2D eigenvalue weighted by Crippen LogP contribution is 2.33. The Morgan fingerprint density at radius 3 is 2.49 bits per heavy atom. The van der Waals surface area contributed by atoms with Crippen molar-refractivity contribution in [1.82, 2.24) is 14.7 Å². The van der Waals surface area contributed by atoms with Gasteiger partial charge in [0.15, 0.2) is 5.78 Å². The van der Waals surface area contributed by atoms with Crippen LogP contribution in [0.25, 0.3) is 10.9 Å². The molecule has 37 heavy (non-hydrogen) atoms. The van der Waals surface area contributed by atoms with Gasteiger partial charge < -0.3 is 19.1 Å². The van der Waals surface area contributed by atoms with Gasteiger partial charge in [-0.25, -0.2) is 4.79 Å². The van der Waals surface area contributed by atoms with Crippen molar-refractivity contribution in [2.75, 3.05) is 26.3 Å². The first-order valence-corrected chi connectivity index (χ1v) is 13.1. The molecule has 2 fully saturated rings. The summed E-state index contributed by atoms with van der Waals surface area (Å²) in [6.07, 6.45) is 6.04. The fourth-order valence-electron chi connectivity index (χ4n) is 4.54. The molecule has 1 aromatic heterocycles. The largest absolute Gasteiger partial charge is 0.444 e. The van der Waals surface area contributed by atoms with Crippen molar-refractivity contribution in [3.63, 3.8) is 0 Å². The smallest absolute Gasteiger partial charge is 0.410 e. The number of hydrogen-bond acceptors (Lipinski definition) is 6. The van der Waals surface area contributed by atoms with E-state index >= 15 is 0 Å². The summed E-state index contributed by atoms with van der Waals surface area (Å²) >= 11 is 0. The van der Waals surface area contributed by atoms with Crippen molar-refractivity contribution in [3.8, 4) is 5.75 Å². The number of benzene rings is 1. The van der Waals surface area contributed by atoms with Crippen LogP contribution in [-0.4, -0.2) is 65.1 Å². The highest BCUT2D eigenvalue weighted by Gasteiger charge is 2.28. The van der Waals surface area contributed by atoms with Gasteiger partial charge in [-0.3, -0.25) is 9.48 Å². The maximum Gasteiger partial charge on any atom is 0.410 e. The maximum absolute atomic E-state index is 13.3. The molecule has 1 saturated heterocycles. The van der Waals surface area contributed by atoms with Crippen LogP contribution in [0.1, 0.15) is 69.7 Å². The van der Waals surface area contributed by atoms with E-state index in [9.17, 15) is 18.4 Å². The van der Waals surface area contributed by atoms with Crippen molar-refractivity contribution in [1.29, 1.82) is 0 Å². The normalized spacial score (nSPS) is 17.0. The predicted molar refractivity (Wildman–Crippen MR) is 134 cm³/mol. The molecule has 0 N–H and O–H groups in total. The van der Waals surface area contributed by atoms with Crippen LogP contribution in [0, 0.1) is 11.8 Å². The number of carbonyl (C=O) groups is 2. The number of ketones is 1. The Hall–Kier alpha value is -2.75. The molecule has 0 spiro atoms. The lowest BCUT2D eigenvalue weighted by Gasteiger charge is -2.33. The Morgan fingerprint density at radius 1 is 1.11 bits per heavy atom. The second kappa shape index (κ2) is 11.8. The van der Waals surface area contributed by atoms with Gasteiger partial charge in [-0.1, -0.05) is 0 Å². The van der Waals surface area contributed by atoms with E-state index in [1.165, 1.54) is 18.9 Å². The molecule has 0 atom stereocenters. The van der Waals surface area contributed by atoms with Gasteiger partial charge in [0.25, 0.3) is 0 Å². The number of halogens is 2. The quantitative estimate of drug-likeness (QED) is 0.280. The second-order valence-electron chi connectivity index (χ2n) is 11.1. The number of Topliss-reactive ketones (excluding diaryl/α,β-unsaturated/α-hetero) is 1. The summed E-state index contributed by atoms with van der Waals surface area (Å²) in [6.45, 7) is 5.41. The minimum Gasteiger partial charge on any atom is -0.444 e. The average molecular weight is 522 g/mol. The Labute approximate surface area is 216 Å². The first-order chi connectivity index (χ1) is 17.6. The molecule has 1 aliphatic heterocycles. The number of piperidine rings is 1. The summed E-state index contributed by atoms with van der Waals surface area (Å²) < 4.78 is 44.2. The Kier molecular flexibility index (Phi) is 8.67. The van der Waals surface area contributed by atoms with Crippen LogP contribution >= 0.6 is 0 Å². The first kappa shape index (κ1) is 27.3. The Balaban J connectivity index is 1.38. The topological polar surface area (TPSA) is 82.9 Å². The number of hydrogen-bond donors (Lipinski definition) is 0. The van der Waals surface area contributed by atoms with Gasteiger partial charge in [0.1, 0.15) is 11.4 Å². The minimum absolute atomic E-state index is 0.123. The summed E-state index contributed by atoms with van der Waals surface area (Å²) in [4.78, 5) is 26.9. The zero-order valence-electron chi connectivity index (χ0n) is 21.9. The Bertz CT molecular complexity index is 1090. The van der Waals surface area contributed by atoms with E-state index in [4.69, 9.17) is 14.2 Å². The summed E-state index contributed by atoms with van der Waals surface area (Å²) in [7, 11) is 0. The number of nitrogens with zero attached hydrogens (tertiary/aromatic N) is 3. The lowest BCUT2D eigenvalue weighted by atomic mass is 9.97. The lowest BCUT2D eigenvalue weighted by molar-refractivity contribution is -0.0491. The summed E-state index contributed by atoms with van der Waals surface area (Å²) in [5.74, 6) is 0.541. The van der Waals surface area contributed by atoms with E-state index in [0.29, 0.717) is 49.5 Å². The number of carbonyl (C=O) groups excluding carboxylic acids is 2. The number of ether oxygens (including phenoxy) is 3. The zero-order valence-corrected chi connectivity index (χ0v) is 21.9. The van der Waals surface area contributed by atoms with Crippen LogP contribution in [0.2, 0.25) is 0 Å². The van der Waals surface area contributed by atoms with Gasteiger partial charge in [-0.2, -0.15) is 13.9 Å². The monoisotopic (exact) mass is 521 g/mol. The number of rotatable bonds is 11. The molecule has 204 valence electrons. The van der Waals surface area contributed by atoms with E-state index in [-0.39, 0.29) is 35.5 Å². The number of fused-ring (bicyclic) bond motifs is 1. The molecule has 10 heteroatoms. The third-order valence-corrected chi connectivity index (χ3v) is 6.65. The van der Waals surface area contributed by atoms with E-state index in [2.05, 4.69) is 5.10 Å². The summed E-state index contributed by atoms with van der Waals surface area (Å²) in [6, 6.07) is 3.19. The molecule has 2 aliphatic rings. The Morgan fingerprint density at radius 2 is 1.84 bits per heavy atom. The van der Waals surface area contributed by atoms with Crippen molar-refractivity contribution in [2.45, 2.75) is 78.1 Å². The van der Waals surface area contributed by atoms with Gasteiger partial charge in [-0.05, 0) is 76.8 Å². The lowest BCUT2D eigenvalue weighted by Crippen LogP contribution is -2.42. The third kappa shape index (κ3) is 7.87. The second-order valence-corrected chi connectivity index (χ2v) is 11.1. The third-order valence-electron chi connectivity index (χ3n) is 6.65. The molecule has 1 saturated carbocycles. The predicted octanol–water partition coefficient (Wildman–Crippen LogP) is 5.67. The molecular weight excluding hydrogens is 484 g/mol. The van der Waals surface area contributed by atoms with Crippen LogP contribution in [0.4, 0.5) is 13.6 Å². The fraction of sp³-hybridized carbons (Fsp3) is 0.667. The SMILES string of the molecule is CC(C)(C)OC(=O)N1CCC(Cn2cc3c(OC(F)F)c(C(=O)CCCOCC4CC4)ccc3n2)CC1. The van der Waals surface area contributed by atoms with Crippen molar-refractivity contribution >= 4 is 22.8 Å². The van der Waals surface area contributed by atoms with E-state index in [1.807, 2.05) is 20.8 Å². The van der Waals surface area contributed by atoms with Crippen LogP contribution in [-0.2, 0) is 16.0 Å². The standard InChI is InChI=1S/C27H37F2N3O5/c1-27(2,3)37-26(34)31-12-10-18(11-13-31)15-32-16-21-22(30-32)9-8-20(24(21)36-25(28)29)23(33)5-4-14-35-17-19-6-7-19/h8-9,16,18-19,25H,4-7,10-15,17H2,1-3H3. The number of aromatic nitrogens is 2. The van der Waals surface area contributed by atoms with E-state index in [0.717, 1.165) is 19.4 Å².